The fraction of sp³-hybridized carbons (Fsp3) is 0.432. The highest BCUT2D eigenvalue weighted by Gasteiger charge is 2.35. The van der Waals surface area contributed by atoms with Crippen LogP contribution in [0.1, 0.15) is 99.3 Å². The number of benzene rings is 2. The van der Waals surface area contributed by atoms with E-state index in [1.54, 1.807) is 36.4 Å². The normalized spacial score (nSPS) is 17.3. The number of ether oxygens (including phenoxy) is 2. The summed E-state index contributed by atoms with van der Waals surface area (Å²) in [6.45, 7) is 13.9. The minimum atomic E-state index is -3.92. The second-order valence-electron chi connectivity index (χ2n) is 13.2. The molecule has 1 aliphatic carbocycles. The van der Waals surface area contributed by atoms with Gasteiger partial charge in [0.25, 0.3) is 5.91 Å². The van der Waals surface area contributed by atoms with Crippen LogP contribution in [0.3, 0.4) is 0 Å². The van der Waals surface area contributed by atoms with Crippen molar-refractivity contribution < 1.29 is 32.3 Å². The summed E-state index contributed by atoms with van der Waals surface area (Å²) >= 11 is 6.57. The monoisotopic (exact) mass is 750 g/mol. The van der Waals surface area contributed by atoms with Crippen molar-refractivity contribution in [2.45, 2.75) is 84.7 Å². The fourth-order valence-corrected chi connectivity index (χ4v) is 7.79. The maximum Gasteiger partial charge on any atom is 0.426 e. The molecular weight excluding hydrogens is 708 g/mol. The standard InChI is InChI=1S/C37H43ClN6O7S/c1-5-6-7-8-9-14-22-52(48,49)43-37(47)50-28-21-13-12-20-27(28)40-35(45)26-19-11-10-18-25(26)33-41-34-29(30(39-4)32(38)44(34)42-33)36(46)51-31-23(2)16-15-17-24(31)3/h10-13,18-21,23-24,31H,5-9,14-17,22H2,1-3H3,(H,40,45)(H,41,42)(H,43,47). The van der Waals surface area contributed by atoms with Crippen molar-refractivity contribution in [1.82, 2.24) is 19.3 Å². The van der Waals surface area contributed by atoms with Crippen molar-refractivity contribution in [1.29, 1.82) is 0 Å². The average molecular weight is 751 g/mol. The third-order valence-corrected chi connectivity index (χ3v) is 10.9. The number of rotatable bonds is 14. The Balaban J connectivity index is 1.33. The summed E-state index contributed by atoms with van der Waals surface area (Å²) in [5.41, 5.74) is 0.547. The van der Waals surface area contributed by atoms with Gasteiger partial charge in [-0.3, -0.25) is 9.89 Å². The van der Waals surface area contributed by atoms with E-state index in [0.29, 0.717) is 12.0 Å². The molecule has 1 aliphatic rings. The molecule has 52 heavy (non-hydrogen) atoms. The molecule has 4 aromatic rings. The number of halogens is 1. The van der Waals surface area contributed by atoms with Crippen LogP contribution in [0.5, 0.6) is 5.75 Å². The molecule has 0 aliphatic heterocycles. The largest absolute Gasteiger partial charge is 0.459 e. The number of nitrogens with one attached hydrogen (secondary N) is 3. The number of fused-ring (bicyclic) bond motifs is 1. The van der Waals surface area contributed by atoms with Gasteiger partial charge in [-0.05, 0) is 49.3 Å². The summed E-state index contributed by atoms with van der Waals surface area (Å²) < 4.78 is 39.5. The van der Waals surface area contributed by atoms with Crippen molar-refractivity contribution in [3.8, 4) is 17.1 Å². The molecule has 2 amide bonds. The van der Waals surface area contributed by atoms with Crippen LogP contribution in [0, 0.1) is 18.4 Å². The molecule has 2 atom stereocenters. The number of unbranched alkanes of at least 4 members (excludes halogenated alkanes) is 5. The lowest BCUT2D eigenvalue weighted by Crippen LogP contribution is -2.35. The quantitative estimate of drug-likeness (QED) is 0.0655. The second-order valence-corrected chi connectivity index (χ2v) is 15.4. The van der Waals surface area contributed by atoms with Gasteiger partial charge in [-0.2, -0.15) is 0 Å². The highest BCUT2D eigenvalue weighted by atomic mass is 35.5. The van der Waals surface area contributed by atoms with Gasteiger partial charge in [0.1, 0.15) is 16.8 Å². The lowest BCUT2D eigenvalue weighted by Gasteiger charge is -2.33. The van der Waals surface area contributed by atoms with Crippen molar-refractivity contribution in [2.24, 2.45) is 11.8 Å². The highest BCUT2D eigenvalue weighted by molar-refractivity contribution is 7.90. The van der Waals surface area contributed by atoms with E-state index in [2.05, 4.69) is 27.2 Å². The molecule has 0 spiro atoms. The molecule has 0 bridgehead atoms. The Bertz CT molecular complexity index is 2080. The number of anilines is 1. The van der Waals surface area contributed by atoms with Crippen molar-refractivity contribution in [3.63, 3.8) is 0 Å². The lowest BCUT2D eigenvalue weighted by atomic mass is 9.80. The van der Waals surface area contributed by atoms with Crippen LogP contribution in [0.4, 0.5) is 16.2 Å². The number of carbonyl (C=O) groups is 3. The molecule has 1 saturated carbocycles. The minimum absolute atomic E-state index is 0.0549. The first-order valence-corrected chi connectivity index (χ1v) is 19.6. The summed E-state index contributed by atoms with van der Waals surface area (Å²) in [6, 6.07) is 12.7. The van der Waals surface area contributed by atoms with E-state index in [4.69, 9.17) is 27.6 Å². The number of hydrogen-bond donors (Lipinski definition) is 3. The van der Waals surface area contributed by atoms with E-state index in [-0.39, 0.29) is 68.6 Å². The molecule has 13 nitrogen and oxygen atoms in total. The van der Waals surface area contributed by atoms with Crippen LogP contribution in [0.15, 0.2) is 48.5 Å². The maximum absolute atomic E-state index is 13.7. The number of para-hydroxylation sites is 2. The van der Waals surface area contributed by atoms with E-state index >= 15 is 0 Å². The molecule has 2 aromatic heterocycles. The molecule has 276 valence electrons. The Morgan fingerprint density at radius 1 is 1.02 bits per heavy atom. The fourth-order valence-electron chi connectivity index (χ4n) is 6.55. The van der Waals surface area contributed by atoms with Crippen molar-refractivity contribution in [2.75, 3.05) is 11.1 Å². The summed E-state index contributed by atoms with van der Waals surface area (Å²) in [5.74, 6) is -1.07. The Kier molecular flexibility index (Phi) is 12.6. The van der Waals surface area contributed by atoms with Gasteiger partial charge in [0.2, 0.25) is 15.7 Å². The molecule has 3 N–H and O–H groups in total. The van der Waals surface area contributed by atoms with Gasteiger partial charge in [0, 0.05) is 5.56 Å². The first-order valence-electron chi connectivity index (χ1n) is 17.5. The second kappa shape index (κ2) is 17.1. The third kappa shape index (κ3) is 8.94. The van der Waals surface area contributed by atoms with Gasteiger partial charge in [-0.15, -0.1) is 0 Å². The van der Waals surface area contributed by atoms with Crippen LogP contribution in [-0.2, 0) is 14.8 Å². The smallest absolute Gasteiger partial charge is 0.426 e. The number of sulfonamides is 1. The van der Waals surface area contributed by atoms with Crippen LogP contribution in [-0.4, -0.2) is 52.8 Å². The zero-order valence-electron chi connectivity index (χ0n) is 29.4. The molecule has 2 heterocycles. The molecule has 2 unspecified atom stereocenters. The van der Waals surface area contributed by atoms with Gasteiger partial charge < -0.3 is 14.8 Å². The SMILES string of the molecule is [C-]#[N+]c1c(C(=O)OC2C(C)CCCC2C)c2nc(-c3ccccc3C(=O)Nc3ccccc3OC(=O)NS(=O)(=O)CCCCCCCC)[nH]n2c1Cl. The molecule has 15 heteroatoms. The third-order valence-electron chi connectivity index (χ3n) is 9.27. The predicted molar refractivity (Wildman–Crippen MR) is 198 cm³/mol. The molecule has 2 aromatic carbocycles. The Morgan fingerprint density at radius 3 is 2.42 bits per heavy atom. The number of hydrogen-bond acceptors (Lipinski definition) is 8. The zero-order chi connectivity index (χ0) is 37.4. The number of aromatic amines is 1. The van der Waals surface area contributed by atoms with Crippen molar-refractivity contribution in [3.05, 3.63) is 76.2 Å². The first kappa shape index (κ1) is 38.4. The zero-order valence-corrected chi connectivity index (χ0v) is 31.0. The minimum Gasteiger partial charge on any atom is -0.459 e. The summed E-state index contributed by atoms with van der Waals surface area (Å²) in [5, 5.41) is 5.67. The highest BCUT2D eigenvalue weighted by Crippen LogP contribution is 2.38. The molecule has 0 radical (unpaired) electrons. The van der Waals surface area contributed by atoms with Gasteiger partial charge in [0.05, 0.1) is 23.6 Å². The van der Waals surface area contributed by atoms with Crippen molar-refractivity contribution >= 4 is 56.6 Å². The summed E-state index contributed by atoms with van der Waals surface area (Å²) in [4.78, 5) is 48.0. The van der Waals surface area contributed by atoms with E-state index in [1.807, 2.05) is 18.6 Å². The number of esters is 1. The average Bonchev–Trinajstić information content (AvgIpc) is 3.65. The molecule has 5 rings (SSSR count). The Labute approximate surface area is 308 Å². The predicted octanol–water partition coefficient (Wildman–Crippen LogP) is 8.55. The molecule has 0 saturated heterocycles. The van der Waals surface area contributed by atoms with E-state index < -0.39 is 28.0 Å². The van der Waals surface area contributed by atoms with Crippen LogP contribution in [0.25, 0.3) is 21.9 Å². The Morgan fingerprint density at radius 2 is 1.69 bits per heavy atom. The molecular formula is C37H43ClN6O7S. The van der Waals surface area contributed by atoms with E-state index in [9.17, 15) is 22.8 Å². The van der Waals surface area contributed by atoms with Crippen LogP contribution < -0.4 is 14.8 Å². The van der Waals surface area contributed by atoms with Gasteiger partial charge in [-0.1, -0.05) is 101 Å². The number of amides is 2. The lowest BCUT2D eigenvalue weighted by molar-refractivity contribution is -0.0159. The van der Waals surface area contributed by atoms with Crippen LogP contribution >= 0.6 is 11.6 Å². The molecule has 1 fully saturated rings. The van der Waals surface area contributed by atoms with Gasteiger partial charge >= 0.3 is 12.1 Å². The van der Waals surface area contributed by atoms with Gasteiger partial charge in [-0.25, -0.2) is 37.1 Å². The van der Waals surface area contributed by atoms with E-state index in [0.717, 1.165) is 51.4 Å². The number of H-pyrrole nitrogens is 1. The van der Waals surface area contributed by atoms with Gasteiger partial charge in [0.15, 0.2) is 17.2 Å². The van der Waals surface area contributed by atoms with Crippen LogP contribution in [0.2, 0.25) is 5.15 Å². The number of nitrogens with zero attached hydrogens (tertiary/aromatic N) is 3. The maximum atomic E-state index is 13.7. The van der Waals surface area contributed by atoms with E-state index in [1.165, 1.54) is 16.6 Å². The summed E-state index contributed by atoms with van der Waals surface area (Å²) in [7, 11) is -3.92. The number of aromatic nitrogens is 3. The summed E-state index contributed by atoms with van der Waals surface area (Å²) in [6.07, 6.45) is 6.70. The first-order chi connectivity index (χ1) is 24.9. The Hall–Kier alpha value is -4.87. The number of carbonyl (C=O) groups excluding carboxylic acids is 3. The topological polar surface area (TPSA) is 165 Å².